The number of carbonyl (C=O) groups is 1. The van der Waals surface area contributed by atoms with Gasteiger partial charge in [0, 0.05) is 26.4 Å². The number of methoxy groups -OCH3 is 1. The van der Waals surface area contributed by atoms with Gasteiger partial charge in [0.1, 0.15) is 12.6 Å². The van der Waals surface area contributed by atoms with Crippen LogP contribution in [-0.4, -0.2) is 45.4 Å². The van der Waals surface area contributed by atoms with Crippen LogP contribution in [0.1, 0.15) is 26.2 Å². The number of carbonyl (C=O) groups excluding carboxylic acids is 1. The Morgan fingerprint density at radius 2 is 2.00 bits per heavy atom. The molecule has 0 unspecified atom stereocenters. The minimum Gasteiger partial charge on any atom is -1.00 e. The number of ether oxygens (including phenoxy) is 2. The van der Waals surface area contributed by atoms with Crippen LogP contribution >= 0.6 is 0 Å². The number of esters is 1. The van der Waals surface area contributed by atoms with Gasteiger partial charge in [-0.3, -0.25) is 4.79 Å². The summed E-state index contributed by atoms with van der Waals surface area (Å²) in [4.78, 5) is 12.6. The van der Waals surface area contributed by atoms with Crippen molar-refractivity contribution in [3.05, 3.63) is 0 Å². The number of likely N-dealkylation sites (tertiary alicyclic amines) is 1. The lowest BCUT2D eigenvalue weighted by Gasteiger charge is -2.28. The fourth-order valence-electron chi connectivity index (χ4n) is 1.88. The Balaban J connectivity index is 0.00000225. The minimum atomic E-state index is -0.0691. The van der Waals surface area contributed by atoms with E-state index in [1.165, 1.54) is 0 Å². The topological polar surface area (TPSA) is 40.0 Å². The van der Waals surface area contributed by atoms with Crippen molar-refractivity contribution in [1.82, 2.24) is 0 Å². The Morgan fingerprint density at radius 3 is 2.50 bits per heavy atom. The average Bonchev–Trinajstić information content (AvgIpc) is 2.28. The van der Waals surface area contributed by atoms with Crippen LogP contribution in [-0.2, 0) is 14.3 Å². The van der Waals surface area contributed by atoms with Crippen LogP contribution in [0.4, 0.5) is 0 Å². The van der Waals surface area contributed by atoms with Crippen molar-refractivity contribution >= 4 is 5.97 Å². The molecule has 0 atom stereocenters. The monoisotopic (exact) mass is 251 g/mol. The zero-order valence-corrected chi connectivity index (χ0v) is 10.9. The number of nitrogens with one attached hydrogen (secondary N) is 1. The Hall–Kier alpha value is -0.320. The Kier molecular flexibility index (Phi) is 8.61. The summed E-state index contributed by atoms with van der Waals surface area (Å²) in [6, 6.07) is 0. The molecule has 1 fully saturated rings. The molecule has 0 aliphatic carbocycles. The lowest BCUT2D eigenvalue weighted by atomic mass is 10.1. The van der Waals surface area contributed by atoms with Crippen molar-refractivity contribution in [1.29, 1.82) is 0 Å². The first-order valence-corrected chi connectivity index (χ1v) is 5.78. The highest BCUT2D eigenvalue weighted by Crippen LogP contribution is 2.06. The Bertz CT molecular complexity index is 194. The molecule has 1 saturated heterocycles. The van der Waals surface area contributed by atoms with E-state index >= 15 is 0 Å². The van der Waals surface area contributed by atoms with Gasteiger partial charge in [0.15, 0.2) is 0 Å². The van der Waals surface area contributed by atoms with Gasteiger partial charge in [0.2, 0.25) is 0 Å². The van der Waals surface area contributed by atoms with Crippen LogP contribution in [0.25, 0.3) is 0 Å². The third-order valence-corrected chi connectivity index (χ3v) is 2.89. The van der Waals surface area contributed by atoms with E-state index in [1.807, 2.05) is 6.92 Å². The van der Waals surface area contributed by atoms with Gasteiger partial charge in [-0.15, -0.1) is 0 Å². The molecular formula is C11H22ClNO3. The molecule has 0 saturated carbocycles. The number of halogens is 1. The van der Waals surface area contributed by atoms with Crippen molar-refractivity contribution in [3.63, 3.8) is 0 Å². The van der Waals surface area contributed by atoms with E-state index in [0.29, 0.717) is 6.42 Å². The number of hydrogen-bond acceptors (Lipinski definition) is 3. The van der Waals surface area contributed by atoms with E-state index in [2.05, 4.69) is 0 Å². The van der Waals surface area contributed by atoms with Gasteiger partial charge in [-0.2, -0.15) is 0 Å². The second-order valence-corrected chi connectivity index (χ2v) is 4.04. The standard InChI is InChI=1S/C11H21NO3.ClH/c1-3-11(13)15-10-4-6-12(7-5-10)8-9-14-2;/h10H,3-9H2,1-2H3;1H. The number of piperidine rings is 1. The highest BCUT2D eigenvalue weighted by molar-refractivity contribution is 5.69. The van der Waals surface area contributed by atoms with Crippen molar-refractivity contribution < 1.29 is 31.6 Å². The number of rotatable bonds is 5. The lowest BCUT2D eigenvalue weighted by Crippen LogP contribution is -3.13. The predicted octanol–water partition coefficient (Wildman–Crippen LogP) is -3.36. The summed E-state index contributed by atoms with van der Waals surface area (Å²) in [6.45, 7) is 5.89. The average molecular weight is 252 g/mol. The third kappa shape index (κ3) is 5.68. The summed E-state index contributed by atoms with van der Waals surface area (Å²) >= 11 is 0. The fourth-order valence-corrected chi connectivity index (χ4v) is 1.88. The summed E-state index contributed by atoms with van der Waals surface area (Å²) in [5.74, 6) is -0.0691. The second kappa shape index (κ2) is 8.79. The van der Waals surface area contributed by atoms with Gasteiger partial charge in [0.05, 0.1) is 19.7 Å². The molecule has 4 nitrogen and oxygen atoms in total. The molecule has 1 aliphatic rings. The molecule has 0 radical (unpaired) electrons. The maximum Gasteiger partial charge on any atom is 0.305 e. The van der Waals surface area contributed by atoms with Crippen molar-refractivity contribution in [2.45, 2.75) is 32.3 Å². The zero-order valence-electron chi connectivity index (χ0n) is 10.1. The van der Waals surface area contributed by atoms with Crippen LogP contribution in [0.3, 0.4) is 0 Å². The Labute approximate surface area is 104 Å². The maximum absolute atomic E-state index is 11.1. The molecule has 0 aromatic carbocycles. The zero-order chi connectivity index (χ0) is 11.1. The molecule has 1 rings (SSSR count). The van der Waals surface area contributed by atoms with Crippen LogP contribution in [0.2, 0.25) is 0 Å². The van der Waals surface area contributed by atoms with Crippen LogP contribution in [0.5, 0.6) is 0 Å². The van der Waals surface area contributed by atoms with Crippen LogP contribution in [0.15, 0.2) is 0 Å². The molecule has 0 spiro atoms. The largest absolute Gasteiger partial charge is 1.00 e. The molecule has 0 aromatic rings. The van der Waals surface area contributed by atoms with Crippen LogP contribution in [0, 0.1) is 0 Å². The fraction of sp³-hybridized carbons (Fsp3) is 0.909. The smallest absolute Gasteiger partial charge is 0.305 e. The third-order valence-electron chi connectivity index (χ3n) is 2.89. The molecule has 96 valence electrons. The van der Waals surface area contributed by atoms with E-state index in [1.54, 1.807) is 12.0 Å². The van der Waals surface area contributed by atoms with Gasteiger partial charge in [-0.05, 0) is 0 Å². The molecule has 0 bridgehead atoms. The molecule has 1 N–H and O–H groups in total. The van der Waals surface area contributed by atoms with Crippen molar-refractivity contribution in [2.24, 2.45) is 0 Å². The first kappa shape index (κ1) is 15.7. The summed E-state index contributed by atoms with van der Waals surface area (Å²) in [6.07, 6.45) is 2.62. The quantitative estimate of drug-likeness (QED) is 0.519. The highest BCUT2D eigenvalue weighted by atomic mass is 35.5. The lowest BCUT2D eigenvalue weighted by molar-refractivity contribution is -0.906. The van der Waals surface area contributed by atoms with E-state index in [-0.39, 0.29) is 24.5 Å². The summed E-state index contributed by atoms with van der Waals surface area (Å²) in [5.41, 5.74) is 0. The highest BCUT2D eigenvalue weighted by Gasteiger charge is 2.23. The predicted molar refractivity (Wildman–Crippen MR) is 56.8 cm³/mol. The van der Waals surface area contributed by atoms with Gasteiger partial charge < -0.3 is 26.8 Å². The normalized spacial score (nSPS) is 24.6. The van der Waals surface area contributed by atoms with Crippen molar-refractivity contribution in [3.8, 4) is 0 Å². The summed E-state index contributed by atoms with van der Waals surface area (Å²) in [5, 5.41) is 0. The van der Waals surface area contributed by atoms with E-state index < -0.39 is 0 Å². The Morgan fingerprint density at radius 1 is 1.38 bits per heavy atom. The van der Waals surface area contributed by atoms with E-state index in [0.717, 1.165) is 39.1 Å². The first-order valence-electron chi connectivity index (χ1n) is 5.78. The van der Waals surface area contributed by atoms with Gasteiger partial charge in [-0.25, -0.2) is 0 Å². The molecular weight excluding hydrogens is 230 g/mol. The van der Waals surface area contributed by atoms with E-state index in [4.69, 9.17) is 9.47 Å². The van der Waals surface area contributed by atoms with Gasteiger partial charge >= 0.3 is 5.97 Å². The van der Waals surface area contributed by atoms with E-state index in [9.17, 15) is 4.79 Å². The SMILES string of the molecule is CCC(=O)OC1CC[NH+](CCOC)CC1.[Cl-]. The first-order chi connectivity index (χ1) is 7.26. The number of hydrogen-bond donors (Lipinski definition) is 1. The molecule has 1 aliphatic heterocycles. The summed E-state index contributed by atoms with van der Waals surface area (Å²) < 4.78 is 10.4. The molecule has 0 aromatic heterocycles. The maximum atomic E-state index is 11.1. The van der Waals surface area contributed by atoms with Crippen LogP contribution < -0.4 is 17.3 Å². The molecule has 5 heteroatoms. The molecule has 16 heavy (non-hydrogen) atoms. The number of quaternary nitrogens is 1. The second-order valence-electron chi connectivity index (χ2n) is 4.04. The molecule has 1 heterocycles. The minimum absolute atomic E-state index is 0. The van der Waals surface area contributed by atoms with Gasteiger partial charge in [0.25, 0.3) is 0 Å². The van der Waals surface area contributed by atoms with Gasteiger partial charge in [-0.1, -0.05) is 6.92 Å². The summed E-state index contributed by atoms with van der Waals surface area (Å²) in [7, 11) is 1.73. The molecule has 0 amide bonds. The van der Waals surface area contributed by atoms with Crippen molar-refractivity contribution in [2.75, 3.05) is 33.4 Å².